The summed E-state index contributed by atoms with van der Waals surface area (Å²) in [5.41, 5.74) is 2.08. The van der Waals surface area contributed by atoms with E-state index in [1.165, 1.54) is 12.0 Å². The molecule has 1 atom stereocenters. The molecule has 1 unspecified atom stereocenters. The number of pyridine rings is 1. The number of hydrogen-bond donors (Lipinski definition) is 1. The fourth-order valence-electron chi connectivity index (χ4n) is 4.34. The second kappa shape index (κ2) is 8.86. The van der Waals surface area contributed by atoms with Gasteiger partial charge in [-0.25, -0.2) is 0 Å². The standard InChI is InChI=1S/C27H22N2O5/c1-33-20-11-5-9-18-15-21(34-26(18)20)24(30)22-23(19-10-6-13-28-16-19)29(27(32)25(22)31)14-12-17-7-3-2-4-8-17/h2-11,13,15-16,23,31H,12,14H2,1H3. The first-order valence-electron chi connectivity index (χ1n) is 10.9. The zero-order valence-electron chi connectivity index (χ0n) is 18.5. The van der Waals surface area contributed by atoms with Gasteiger partial charge < -0.3 is 19.2 Å². The molecule has 0 radical (unpaired) electrons. The molecule has 2 aromatic carbocycles. The monoisotopic (exact) mass is 454 g/mol. The van der Waals surface area contributed by atoms with E-state index in [0.29, 0.717) is 35.2 Å². The maximum absolute atomic E-state index is 13.6. The van der Waals surface area contributed by atoms with E-state index < -0.39 is 23.5 Å². The van der Waals surface area contributed by atoms with Gasteiger partial charge in [0.15, 0.2) is 22.9 Å². The van der Waals surface area contributed by atoms with Crippen molar-refractivity contribution in [2.24, 2.45) is 0 Å². The van der Waals surface area contributed by atoms with Crippen molar-refractivity contribution < 1.29 is 23.8 Å². The number of carbonyl (C=O) groups is 2. The van der Waals surface area contributed by atoms with Crippen LogP contribution in [0.15, 0.2) is 94.9 Å². The van der Waals surface area contributed by atoms with Crippen molar-refractivity contribution in [3.8, 4) is 5.75 Å². The Morgan fingerprint density at radius 1 is 1.12 bits per heavy atom. The van der Waals surface area contributed by atoms with E-state index in [0.717, 1.165) is 5.56 Å². The van der Waals surface area contributed by atoms with Crippen LogP contribution < -0.4 is 4.74 Å². The summed E-state index contributed by atoms with van der Waals surface area (Å²) >= 11 is 0. The Labute approximate surface area is 195 Å². The summed E-state index contributed by atoms with van der Waals surface area (Å²) in [6.07, 6.45) is 3.78. The zero-order chi connectivity index (χ0) is 23.7. The van der Waals surface area contributed by atoms with Crippen LogP contribution in [-0.4, -0.2) is 40.3 Å². The number of amides is 1. The molecular formula is C27H22N2O5. The Morgan fingerprint density at radius 3 is 2.68 bits per heavy atom. The minimum absolute atomic E-state index is 0.0210. The second-order valence-corrected chi connectivity index (χ2v) is 8.00. The van der Waals surface area contributed by atoms with Gasteiger partial charge in [0.05, 0.1) is 18.7 Å². The highest BCUT2D eigenvalue weighted by Crippen LogP contribution is 2.40. The molecule has 5 rings (SSSR count). The Hall–Kier alpha value is -4.39. The fourth-order valence-corrected chi connectivity index (χ4v) is 4.34. The summed E-state index contributed by atoms with van der Waals surface area (Å²) in [7, 11) is 1.52. The Balaban J connectivity index is 1.54. The number of ketones is 1. The van der Waals surface area contributed by atoms with Crippen LogP contribution in [-0.2, 0) is 11.2 Å². The summed E-state index contributed by atoms with van der Waals surface area (Å²) in [4.78, 5) is 32.4. The molecular weight excluding hydrogens is 432 g/mol. The van der Waals surface area contributed by atoms with Crippen LogP contribution in [0.5, 0.6) is 5.75 Å². The summed E-state index contributed by atoms with van der Waals surface area (Å²) in [6, 6.07) is 19.4. The molecule has 7 nitrogen and oxygen atoms in total. The SMILES string of the molecule is COc1cccc2cc(C(=O)C3=C(O)C(=O)N(CCc4ccccc4)C3c3cccnc3)oc12. The van der Waals surface area contributed by atoms with Crippen molar-refractivity contribution in [2.45, 2.75) is 12.5 Å². The van der Waals surface area contributed by atoms with Crippen LogP contribution >= 0.6 is 0 Å². The average Bonchev–Trinajstić information content (AvgIpc) is 3.43. The van der Waals surface area contributed by atoms with Crippen LogP contribution in [0.25, 0.3) is 11.0 Å². The van der Waals surface area contributed by atoms with E-state index >= 15 is 0 Å². The van der Waals surface area contributed by atoms with Gasteiger partial charge in [-0.15, -0.1) is 0 Å². The minimum Gasteiger partial charge on any atom is -0.503 e. The van der Waals surface area contributed by atoms with Gasteiger partial charge in [0, 0.05) is 24.3 Å². The lowest BCUT2D eigenvalue weighted by Gasteiger charge is -2.26. The molecule has 0 aliphatic carbocycles. The maximum Gasteiger partial charge on any atom is 0.290 e. The molecule has 1 amide bonds. The van der Waals surface area contributed by atoms with Crippen LogP contribution in [0, 0.1) is 0 Å². The highest BCUT2D eigenvalue weighted by molar-refractivity contribution is 6.16. The highest BCUT2D eigenvalue weighted by Gasteiger charge is 2.44. The molecule has 0 spiro atoms. The smallest absolute Gasteiger partial charge is 0.290 e. The van der Waals surface area contributed by atoms with Crippen LogP contribution in [0.3, 0.4) is 0 Å². The van der Waals surface area contributed by atoms with E-state index in [1.54, 1.807) is 48.8 Å². The lowest BCUT2D eigenvalue weighted by atomic mass is 9.96. The molecule has 34 heavy (non-hydrogen) atoms. The number of para-hydroxylation sites is 1. The van der Waals surface area contributed by atoms with E-state index in [2.05, 4.69) is 4.98 Å². The number of aliphatic hydroxyl groups is 1. The van der Waals surface area contributed by atoms with Gasteiger partial charge >= 0.3 is 0 Å². The number of rotatable bonds is 7. The number of fused-ring (bicyclic) bond motifs is 1. The number of methoxy groups -OCH3 is 1. The molecule has 0 fully saturated rings. The largest absolute Gasteiger partial charge is 0.503 e. The Kier molecular flexibility index (Phi) is 5.59. The third-order valence-corrected chi connectivity index (χ3v) is 5.98. The van der Waals surface area contributed by atoms with E-state index in [1.807, 2.05) is 30.3 Å². The number of carbonyl (C=O) groups excluding carboxylic acids is 2. The number of ether oxygens (including phenoxy) is 1. The predicted molar refractivity (Wildman–Crippen MR) is 126 cm³/mol. The summed E-state index contributed by atoms with van der Waals surface area (Å²) in [5, 5.41) is 11.5. The number of hydrogen-bond acceptors (Lipinski definition) is 6. The molecule has 0 saturated heterocycles. The first-order valence-corrected chi connectivity index (χ1v) is 10.9. The third-order valence-electron chi connectivity index (χ3n) is 5.98. The summed E-state index contributed by atoms with van der Waals surface area (Å²) in [5.74, 6) is -1.21. The van der Waals surface area contributed by atoms with Crippen molar-refractivity contribution >= 4 is 22.7 Å². The number of Topliss-reactive ketones (excluding diaryl/α,β-unsaturated/α-hetero) is 1. The normalized spacial score (nSPS) is 15.9. The van der Waals surface area contributed by atoms with Gasteiger partial charge in [-0.3, -0.25) is 14.6 Å². The first-order chi connectivity index (χ1) is 16.6. The molecule has 0 bridgehead atoms. The topological polar surface area (TPSA) is 92.9 Å². The maximum atomic E-state index is 13.6. The van der Waals surface area contributed by atoms with Crippen LogP contribution in [0.4, 0.5) is 0 Å². The molecule has 3 heterocycles. The summed E-state index contributed by atoms with van der Waals surface area (Å²) < 4.78 is 11.2. The van der Waals surface area contributed by atoms with Crippen molar-refractivity contribution in [1.82, 2.24) is 9.88 Å². The fraction of sp³-hybridized carbons (Fsp3) is 0.148. The lowest BCUT2D eigenvalue weighted by Crippen LogP contribution is -2.33. The minimum atomic E-state index is -0.785. The number of aromatic nitrogens is 1. The van der Waals surface area contributed by atoms with E-state index in [4.69, 9.17) is 9.15 Å². The van der Waals surface area contributed by atoms with Gasteiger partial charge in [-0.1, -0.05) is 48.5 Å². The molecule has 7 heteroatoms. The van der Waals surface area contributed by atoms with Gasteiger partial charge in [-0.05, 0) is 35.7 Å². The molecule has 1 N–H and O–H groups in total. The second-order valence-electron chi connectivity index (χ2n) is 8.00. The number of benzene rings is 2. The number of furan rings is 1. The van der Waals surface area contributed by atoms with Gasteiger partial charge in [0.25, 0.3) is 5.91 Å². The molecule has 1 aliphatic rings. The Morgan fingerprint density at radius 2 is 1.94 bits per heavy atom. The van der Waals surface area contributed by atoms with Crippen molar-refractivity contribution in [1.29, 1.82) is 0 Å². The molecule has 4 aromatic rings. The highest BCUT2D eigenvalue weighted by atomic mass is 16.5. The zero-order valence-corrected chi connectivity index (χ0v) is 18.5. The quantitative estimate of drug-likeness (QED) is 0.409. The first kappa shape index (κ1) is 21.5. The van der Waals surface area contributed by atoms with Gasteiger partial charge in [0.2, 0.25) is 5.78 Å². The molecule has 170 valence electrons. The summed E-state index contributed by atoms with van der Waals surface area (Å²) in [6.45, 7) is 0.317. The average molecular weight is 454 g/mol. The molecule has 0 saturated carbocycles. The van der Waals surface area contributed by atoms with Gasteiger partial charge in [0.1, 0.15) is 0 Å². The van der Waals surface area contributed by atoms with Gasteiger partial charge in [-0.2, -0.15) is 0 Å². The van der Waals surface area contributed by atoms with E-state index in [-0.39, 0.29) is 11.3 Å². The van der Waals surface area contributed by atoms with Crippen molar-refractivity contribution in [3.63, 3.8) is 0 Å². The van der Waals surface area contributed by atoms with Crippen LogP contribution in [0.1, 0.15) is 27.7 Å². The lowest BCUT2D eigenvalue weighted by molar-refractivity contribution is -0.129. The van der Waals surface area contributed by atoms with Crippen LogP contribution in [0.2, 0.25) is 0 Å². The molecule has 1 aliphatic heterocycles. The predicted octanol–water partition coefficient (Wildman–Crippen LogP) is 4.66. The number of aliphatic hydroxyl groups excluding tert-OH is 1. The van der Waals surface area contributed by atoms with E-state index in [9.17, 15) is 14.7 Å². The molecule has 2 aromatic heterocycles. The Bertz CT molecular complexity index is 1390. The van der Waals surface area contributed by atoms with Crippen molar-refractivity contribution in [3.05, 3.63) is 107 Å². The number of nitrogens with zero attached hydrogens (tertiary/aromatic N) is 2. The third kappa shape index (κ3) is 3.71. The van der Waals surface area contributed by atoms with Crippen molar-refractivity contribution in [2.75, 3.05) is 13.7 Å².